The van der Waals surface area contributed by atoms with Gasteiger partial charge in [0.15, 0.2) is 17.4 Å². The summed E-state index contributed by atoms with van der Waals surface area (Å²) in [5.74, 6) is -4.37. The molecule has 2 nitrogen and oxygen atoms in total. The molecule has 1 saturated carbocycles. The molecule has 1 aliphatic rings. The zero-order valence-corrected chi connectivity index (χ0v) is 11.2. The quantitative estimate of drug-likeness (QED) is 0.831. The van der Waals surface area contributed by atoms with Crippen molar-refractivity contribution in [2.24, 2.45) is 5.92 Å². The maximum atomic E-state index is 13.1. The molecule has 1 aliphatic carbocycles. The van der Waals surface area contributed by atoms with Crippen molar-refractivity contribution in [2.75, 3.05) is 0 Å². The summed E-state index contributed by atoms with van der Waals surface area (Å²) in [6.07, 6.45) is -3.24. The first-order valence-electron chi connectivity index (χ1n) is 6.74. The van der Waals surface area contributed by atoms with Gasteiger partial charge in [-0.05, 0) is 43.4 Å². The fourth-order valence-electron chi connectivity index (χ4n) is 2.61. The number of alkyl halides is 3. The van der Waals surface area contributed by atoms with E-state index < -0.39 is 29.5 Å². The monoisotopic (exact) mass is 309 g/mol. The van der Waals surface area contributed by atoms with E-state index in [1.54, 1.807) is 0 Å². The van der Waals surface area contributed by atoms with Crippen LogP contribution in [0.3, 0.4) is 0 Å². The molecule has 21 heavy (non-hydrogen) atoms. The first kappa shape index (κ1) is 16.0. The Morgan fingerprint density at radius 3 is 2.05 bits per heavy atom. The molecule has 0 radical (unpaired) electrons. The molecule has 0 spiro atoms. The van der Waals surface area contributed by atoms with E-state index in [0.717, 1.165) is 12.1 Å². The summed E-state index contributed by atoms with van der Waals surface area (Å²) < 4.78 is 63.8. The van der Waals surface area contributed by atoms with Gasteiger partial charge in [-0.15, -0.1) is 0 Å². The molecule has 2 rings (SSSR count). The molecule has 0 bridgehead atoms. The molecule has 2 N–H and O–H groups in total. The molecule has 0 aromatic heterocycles. The van der Waals surface area contributed by atoms with Crippen LogP contribution in [0.25, 0.3) is 0 Å². The van der Waals surface area contributed by atoms with Crippen LogP contribution in [0.5, 0.6) is 5.75 Å². The summed E-state index contributed by atoms with van der Waals surface area (Å²) in [6.45, 7) is 0.148. The van der Waals surface area contributed by atoms with Crippen LogP contribution in [0.15, 0.2) is 12.1 Å². The van der Waals surface area contributed by atoms with Gasteiger partial charge in [0, 0.05) is 12.6 Å². The molecule has 118 valence electrons. The lowest BCUT2D eigenvalue weighted by molar-refractivity contribution is -0.182. The summed E-state index contributed by atoms with van der Waals surface area (Å²) in [6, 6.07) is 1.92. The van der Waals surface area contributed by atoms with Gasteiger partial charge in [-0.25, -0.2) is 8.78 Å². The predicted molar refractivity (Wildman–Crippen MR) is 66.7 cm³/mol. The van der Waals surface area contributed by atoms with Crippen molar-refractivity contribution in [1.29, 1.82) is 0 Å². The summed E-state index contributed by atoms with van der Waals surface area (Å²) >= 11 is 0. The fraction of sp³-hybridized carbons (Fsp3) is 0.571. The van der Waals surface area contributed by atoms with Crippen LogP contribution in [0.2, 0.25) is 0 Å². The van der Waals surface area contributed by atoms with Gasteiger partial charge in [-0.3, -0.25) is 0 Å². The second-order valence-corrected chi connectivity index (χ2v) is 5.38. The smallest absolute Gasteiger partial charge is 0.391 e. The van der Waals surface area contributed by atoms with Crippen molar-refractivity contribution in [3.05, 3.63) is 29.3 Å². The van der Waals surface area contributed by atoms with Crippen LogP contribution in [-0.2, 0) is 6.54 Å². The molecular weight excluding hydrogens is 293 g/mol. The number of hydrogen-bond acceptors (Lipinski definition) is 2. The average Bonchev–Trinajstić information content (AvgIpc) is 2.42. The van der Waals surface area contributed by atoms with Gasteiger partial charge < -0.3 is 10.4 Å². The Balaban J connectivity index is 1.85. The molecule has 1 aromatic rings. The minimum Gasteiger partial charge on any atom is -0.503 e. The molecule has 1 aromatic carbocycles. The van der Waals surface area contributed by atoms with Gasteiger partial charge in [-0.2, -0.15) is 13.2 Å². The Kier molecular flexibility index (Phi) is 4.70. The first-order valence-corrected chi connectivity index (χ1v) is 6.74. The molecule has 0 amide bonds. The number of aromatic hydroxyl groups is 1. The van der Waals surface area contributed by atoms with Gasteiger partial charge in [0.2, 0.25) is 0 Å². The molecule has 0 atom stereocenters. The molecule has 0 saturated heterocycles. The van der Waals surface area contributed by atoms with Gasteiger partial charge in [0.25, 0.3) is 0 Å². The lowest BCUT2D eigenvalue weighted by Crippen LogP contribution is -2.36. The minimum absolute atomic E-state index is 0.0689. The third-order valence-corrected chi connectivity index (χ3v) is 3.86. The maximum absolute atomic E-state index is 13.1. The highest BCUT2D eigenvalue weighted by molar-refractivity contribution is 5.29. The lowest BCUT2D eigenvalue weighted by Gasteiger charge is -2.30. The Bertz CT molecular complexity index is 472. The standard InChI is InChI=1S/C14H16F5NO/c15-11-5-8(6-12(16)13(11)21)7-20-10-3-1-9(2-4-10)14(17,18)19/h5-6,9-10,20-21H,1-4,7H2. The van der Waals surface area contributed by atoms with Crippen molar-refractivity contribution in [3.63, 3.8) is 0 Å². The maximum Gasteiger partial charge on any atom is 0.391 e. The van der Waals surface area contributed by atoms with Gasteiger partial charge in [0.05, 0.1) is 5.92 Å². The number of halogens is 5. The summed E-state index contributed by atoms with van der Waals surface area (Å²) in [4.78, 5) is 0. The van der Waals surface area contributed by atoms with Crippen LogP contribution >= 0.6 is 0 Å². The highest BCUT2D eigenvalue weighted by Crippen LogP contribution is 2.37. The number of hydrogen-bond donors (Lipinski definition) is 2. The van der Waals surface area contributed by atoms with Crippen molar-refractivity contribution >= 4 is 0 Å². The minimum atomic E-state index is -4.14. The Morgan fingerprint density at radius 1 is 1.05 bits per heavy atom. The Morgan fingerprint density at radius 2 is 1.57 bits per heavy atom. The van der Waals surface area contributed by atoms with E-state index in [-0.39, 0.29) is 25.4 Å². The van der Waals surface area contributed by atoms with Gasteiger partial charge in [-0.1, -0.05) is 0 Å². The van der Waals surface area contributed by atoms with Crippen LogP contribution < -0.4 is 5.32 Å². The van der Waals surface area contributed by atoms with Crippen LogP contribution in [-0.4, -0.2) is 17.3 Å². The predicted octanol–water partition coefficient (Wildman–Crippen LogP) is 3.88. The van der Waals surface area contributed by atoms with Gasteiger partial charge in [0.1, 0.15) is 0 Å². The number of nitrogens with one attached hydrogen (secondary N) is 1. The summed E-state index contributed by atoms with van der Waals surface area (Å²) in [5, 5.41) is 12.0. The van der Waals surface area contributed by atoms with Crippen LogP contribution in [0, 0.1) is 17.6 Å². The first-order chi connectivity index (χ1) is 9.77. The molecular formula is C14H16F5NO. The summed E-state index contributed by atoms with van der Waals surface area (Å²) in [7, 11) is 0. The molecule has 0 unspecified atom stereocenters. The van der Waals surface area contributed by atoms with E-state index >= 15 is 0 Å². The number of benzene rings is 1. The molecule has 7 heteroatoms. The van der Waals surface area contributed by atoms with Crippen molar-refractivity contribution in [3.8, 4) is 5.75 Å². The van der Waals surface area contributed by atoms with Crippen molar-refractivity contribution < 1.29 is 27.1 Å². The Labute approximate surface area is 119 Å². The van der Waals surface area contributed by atoms with E-state index in [0.29, 0.717) is 18.4 Å². The van der Waals surface area contributed by atoms with E-state index in [9.17, 15) is 22.0 Å². The highest BCUT2D eigenvalue weighted by atomic mass is 19.4. The topological polar surface area (TPSA) is 32.3 Å². The van der Waals surface area contributed by atoms with E-state index in [2.05, 4.69) is 5.32 Å². The molecule has 1 fully saturated rings. The second kappa shape index (κ2) is 6.17. The molecule has 0 aliphatic heterocycles. The SMILES string of the molecule is Oc1c(F)cc(CNC2CCC(C(F)(F)F)CC2)cc1F. The van der Waals surface area contributed by atoms with Crippen molar-refractivity contribution in [2.45, 2.75) is 44.4 Å². The fourth-order valence-corrected chi connectivity index (χ4v) is 2.61. The largest absolute Gasteiger partial charge is 0.503 e. The second-order valence-electron chi connectivity index (χ2n) is 5.38. The van der Waals surface area contributed by atoms with E-state index in [1.165, 1.54) is 0 Å². The average molecular weight is 309 g/mol. The zero-order chi connectivity index (χ0) is 15.6. The lowest BCUT2D eigenvalue weighted by atomic mass is 9.85. The van der Waals surface area contributed by atoms with Crippen molar-refractivity contribution in [1.82, 2.24) is 5.32 Å². The Hall–Kier alpha value is -1.37. The third kappa shape index (κ3) is 4.06. The van der Waals surface area contributed by atoms with Crippen LogP contribution in [0.1, 0.15) is 31.2 Å². The van der Waals surface area contributed by atoms with Crippen LogP contribution in [0.4, 0.5) is 22.0 Å². The molecule has 0 heterocycles. The normalized spacial score (nSPS) is 23.3. The number of phenols is 1. The van der Waals surface area contributed by atoms with Gasteiger partial charge >= 0.3 is 6.18 Å². The number of rotatable bonds is 3. The zero-order valence-electron chi connectivity index (χ0n) is 11.2. The van der Waals surface area contributed by atoms with E-state index in [1.807, 2.05) is 0 Å². The highest BCUT2D eigenvalue weighted by Gasteiger charge is 2.41. The summed E-state index contributed by atoms with van der Waals surface area (Å²) in [5.41, 5.74) is 0.306. The number of phenolic OH excluding ortho intramolecular Hbond substituents is 1. The third-order valence-electron chi connectivity index (χ3n) is 3.86. The van der Waals surface area contributed by atoms with E-state index in [4.69, 9.17) is 5.11 Å².